The van der Waals surface area contributed by atoms with E-state index in [1.54, 1.807) is 15.9 Å². The zero-order chi connectivity index (χ0) is 23.5. The van der Waals surface area contributed by atoms with Crippen molar-refractivity contribution in [1.29, 1.82) is 0 Å². The fourth-order valence-electron chi connectivity index (χ4n) is 4.52. The van der Waals surface area contributed by atoms with Crippen LogP contribution in [0.15, 0.2) is 42.5 Å². The van der Waals surface area contributed by atoms with E-state index >= 15 is 0 Å². The maximum absolute atomic E-state index is 13.4. The average molecular weight is 451 g/mol. The summed E-state index contributed by atoms with van der Waals surface area (Å²) in [5, 5.41) is 11.3. The minimum absolute atomic E-state index is 0.0366. The smallest absolute Gasteiger partial charge is 0.270 e. The molecule has 8 heteroatoms. The van der Waals surface area contributed by atoms with Crippen LogP contribution < -0.4 is 4.90 Å². The number of carbonyl (C=O) groups is 2. The lowest BCUT2D eigenvalue weighted by molar-refractivity contribution is -0.384. The number of hydrogen-bond acceptors (Lipinski definition) is 5. The summed E-state index contributed by atoms with van der Waals surface area (Å²) in [6.07, 6.45) is 2.09. The number of amides is 2. The molecule has 2 aromatic rings. The molecular weight excluding hydrogens is 420 g/mol. The summed E-state index contributed by atoms with van der Waals surface area (Å²) in [4.78, 5) is 42.7. The van der Waals surface area contributed by atoms with Gasteiger partial charge in [0.1, 0.15) is 0 Å². The van der Waals surface area contributed by atoms with Crippen LogP contribution in [0.5, 0.6) is 0 Å². The highest BCUT2D eigenvalue weighted by Gasteiger charge is 2.29. The second-order valence-electron chi connectivity index (χ2n) is 9.01. The van der Waals surface area contributed by atoms with Crippen molar-refractivity contribution in [3.05, 3.63) is 69.3 Å². The second kappa shape index (κ2) is 9.60. The van der Waals surface area contributed by atoms with Crippen molar-refractivity contribution in [3.63, 3.8) is 0 Å². The molecule has 0 radical (unpaired) electrons. The van der Waals surface area contributed by atoms with E-state index < -0.39 is 4.92 Å². The van der Waals surface area contributed by atoms with Crippen LogP contribution in [0.1, 0.15) is 58.9 Å². The quantitative estimate of drug-likeness (QED) is 0.509. The normalized spacial score (nSPS) is 16.4. The zero-order valence-electron chi connectivity index (χ0n) is 19.2. The Hall–Kier alpha value is -3.42. The van der Waals surface area contributed by atoms with E-state index in [-0.39, 0.29) is 17.5 Å². The molecule has 2 heterocycles. The Labute approximate surface area is 193 Å². The average Bonchev–Trinajstić information content (AvgIpc) is 3.38. The van der Waals surface area contributed by atoms with Gasteiger partial charge in [0.25, 0.3) is 17.5 Å². The fraction of sp³-hybridized carbons (Fsp3) is 0.440. The first-order valence-electron chi connectivity index (χ1n) is 11.6. The Morgan fingerprint density at radius 3 is 1.97 bits per heavy atom. The molecule has 2 saturated heterocycles. The number of non-ortho nitro benzene ring substituents is 1. The van der Waals surface area contributed by atoms with E-state index in [0.29, 0.717) is 43.2 Å². The topological polar surface area (TPSA) is 87.0 Å². The molecule has 8 nitrogen and oxygen atoms in total. The van der Waals surface area contributed by atoms with Gasteiger partial charge in [0.2, 0.25) is 0 Å². The number of hydrogen-bond donors (Lipinski definition) is 0. The highest BCUT2D eigenvalue weighted by atomic mass is 16.6. The first kappa shape index (κ1) is 22.8. The first-order valence-corrected chi connectivity index (χ1v) is 11.6. The molecule has 0 bridgehead atoms. The van der Waals surface area contributed by atoms with Gasteiger partial charge < -0.3 is 14.7 Å². The summed E-state index contributed by atoms with van der Waals surface area (Å²) in [6.45, 7) is 7.58. The zero-order valence-corrected chi connectivity index (χ0v) is 19.2. The molecule has 0 N–H and O–H groups in total. The SMILES string of the molecule is CC(C)c1ccc(C(=O)N2CCN(C(=O)c3cc([N+](=O)[O-])ccc3N3CCCC3)CC2)cc1. The van der Waals surface area contributed by atoms with Crippen LogP contribution in [0.2, 0.25) is 0 Å². The lowest BCUT2D eigenvalue weighted by atomic mass is 10.0. The van der Waals surface area contributed by atoms with Gasteiger partial charge in [0.15, 0.2) is 0 Å². The number of nitrogens with zero attached hydrogens (tertiary/aromatic N) is 4. The van der Waals surface area contributed by atoms with E-state index in [2.05, 4.69) is 18.7 Å². The Bertz CT molecular complexity index is 1040. The minimum Gasteiger partial charge on any atom is -0.371 e. The van der Waals surface area contributed by atoms with Crippen molar-refractivity contribution in [3.8, 4) is 0 Å². The Morgan fingerprint density at radius 1 is 0.848 bits per heavy atom. The molecule has 174 valence electrons. The molecule has 0 spiro atoms. The monoisotopic (exact) mass is 450 g/mol. The predicted octanol–water partition coefficient (Wildman–Crippen LogP) is 3.92. The van der Waals surface area contributed by atoms with Gasteiger partial charge >= 0.3 is 0 Å². The summed E-state index contributed by atoms with van der Waals surface area (Å²) >= 11 is 0. The molecule has 2 amide bonds. The third-order valence-corrected chi connectivity index (χ3v) is 6.55. The molecule has 0 unspecified atom stereocenters. The van der Waals surface area contributed by atoms with Crippen LogP contribution in [-0.4, -0.2) is 65.8 Å². The Morgan fingerprint density at radius 2 is 1.42 bits per heavy atom. The number of benzene rings is 2. The summed E-state index contributed by atoms with van der Waals surface area (Å²) in [5.74, 6) is 0.155. The highest BCUT2D eigenvalue weighted by Crippen LogP contribution is 2.30. The molecule has 0 atom stereocenters. The molecule has 0 aliphatic carbocycles. The number of rotatable bonds is 5. The van der Waals surface area contributed by atoms with E-state index in [1.807, 2.05) is 24.3 Å². The number of piperazine rings is 1. The van der Waals surface area contributed by atoms with Crippen LogP contribution in [0.25, 0.3) is 0 Å². The van der Waals surface area contributed by atoms with Crippen LogP contribution in [-0.2, 0) is 0 Å². The van der Waals surface area contributed by atoms with Crippen molar-refractivity contribution >= 4 is 23.2 Å². The lowest BCUT2D eigenvalue weighted by Gasteiger charge is -2.35. The van der Waals surface area contributed by atoms with Gasteiger partial charge in [0.05, 0.1) is 16.2 Å². The lowest BCUT2D eigenvalue weighted by Crippen LogP contribution is -2.50. The third kappa shape index (κ3) is 4.84. The number of nitro benzene ring substituents is 1. The number of carbonyl (C=O) groups excluding carboxylic acids is 2. The van der Waals surface area contributed by atoms with Gasteiger partial charge in [-0.25, -0.2) is 0 Å². The third-order valence-electron chi connectivity index (χ3n) is 6.55. The van der Waals surface area contributed by atoms with Crippen LogP contribution >= 0.6 is 0 Å². The summed E-state index contributed by atoms with van der Waals surface area (Å²) < 4.78 is 0. The van der Waals surface area contributed by atoms with Crippen LogP contribution in [0, 0.1) is 10.1 Å². The van der Waals surface area contributed by atoms with Crippen molar-refractivity contribution in [1.82, 2.24) is 9.80 Å². The van der Waals surface area contributed by atoms with E-state index in [4.69, 9.17) is 0 Å². The minimum atomic E-state index is -0.467. The predicted molar refractivity (Wildman–Crippen MR) is 127 cm³/mol. The van der Waals surface area contributed by atoms with Gasteiger partial charge in [-0.3, -0.25) is 19.7 Å². The molecule has 2 aliphatic rings. The standard InChI is InChI=1S/C25H30N4O4/c1-18(2)19-5-7-20(8-6-19)24(30)27-13-15-28(16-14-27)25(31)22-17-21(29(32)33)9-10-23(22)26-11-3-4-12-26/h5-10,17-18H,3-4,11-16H2,1-2H3. The van der Waals surface area contributed by atoms with Gasteiger partial charge in [-0.15, -0.1) is 0 Å². The van der Waals surface area contributed by atoms with Crippen molar-refractivity contribution < 1.29 is 14.5 Å². The van der Waals surface area contributed by atoms with Crippen molar-refractivity contribution in [2.45, 2.75) is 32.6 Å². The fourth-order valence-corrected chi connectivity index (χ4v) is 4.52. The Balaban J connectivity index is 1.46. The Kier molecular flexibility index (Phi) is 6.62. The van der Waals surface area contributed by atoms with Gasteiger partial charge in [0, 0.05) is 57.0 Å². The van der Waals surface area contributed by atoms with E-state index in [1.165, 1.54) is 17.7 Å². The molecule has 4 rings (SSSR count). The van der Waals surface area contributed by atoms with Gasteiger partial charge in [-0.1, -0.05) is 26.0 Å². The molecular formula is C25H30N4O4. The van der Waals surface area contributed by atoms with Gasteiger partial charge in [-0.05, 0) is 42.5 Å². The summed E-state index contributed by atoms with van der Waals surface area (Å²) in [7, 11) is 0. The first-order chi connectivity index (χ1) is 15.8. The van der Waals surface area contributed by atoms with E-state index in [9.17, 15) is 19.7 Å². The van der Waals surface area contributed by atoms with E-state index in [0.717, 1.165) is 31.6 Å². The molecule has 33 heavy (non-hydrogen) atoms. The molecule has 0 saturated carbocycles. The molecule has 0 aromatic heterocycles. The molecule has 2 fully saturated rings. The molecule has 2 aliphatic heterocycles. The van der Waals surface area contributed by atoms with Gasteiger partial charge in [-0.2, -0.15) is 0 Å². The summed E-state index contributed by atoms with van der Waals surface area (Å²) in [5.41, 5.74) is 2.88. The maximum atomic E-state index is 13.4. The second-order valence-corrected chi connectivity index (χ2v) is 9.01. The summed E-state index contributed by atoms with van der Waals surface area (Å²) in [6, 6.07) is 12.2. The number of nitro groups is 1. The van der Waals surface area contributed by atoms with Crippen molar-refractivity contribution in [2.24, 2.45) is 0 Å². The highest BCUT2D eigenvalue weighted by molar-refractivity contribution is 6.01. The van der Waals surface area contributed by atoms with Crippen LogP contribution in [0.3, 0.4) is 0 Å². The van der Waals surface area contributed by atoms with Crippen LogP contribution in [0.4, 0.5) is 11.4 Å². The largest absolute Gasteiger partial charge is 0.371 e. The number of anilines is 1. The van der Waals surface area contributed by atoms with Crippen molar-refractivity contribution in [2.75, 3.05) is 44.2 Å². The maximum Gasteiger partial charge on any atom is 0.270 e. The molecule has 2 aromatic carbocycles.